The van der Waals surface area contributed by atoms with E-state index in [1.807, 2.05) is 43.3 Å². The second kappa shape index (κ2) is 6.76. The van der Waals surface area contributed by atoms with E-state index in [0.29, 0.717) is 17.9 Å². The zero-order valence-electron chi connectivity index (χ0n) is 13.9. The Kier molecular flexibility index (Phi) is 4.30. The van der Waals surface area contributed by atoms with Gasteiger partial charge in [0.05, 0.1) is 12.2 Å². The lowest BCUT2D eigenvalue weighted by Gasteiger charge is -2.01. The van der Waals surface area contributed by atoms with Gasteiger partial charge in [0.1, 0.15) is 5.58 Å². The number of furan rings is 1. The van der Waals surface area contributed by atoms with Gasteiger partial charge in [0.2, 0.25) is 0 Å². The maximum absolute atomic E-state index is 12.6. The van der Waals surface area contributed by atoms with Gasteiger partial charge in [-0.2, -0.15) is 5.10 Å². The van der Waals surface area contributed by atoms with E-state index >= 15 is 0 Å². The molecule has 3 aromatic heterocycles. The predicted molar refractivity (Wildman–Crippen MR) is 102 cm³/mol. The Hall–Kier alpha value is -2.93. The van der Waals surface area contributed by atoms with E-state index < -0.39 is 0 Å². The van der Waals surface area contributed by atoms with Crippen LogP contribution in [0.15, 0.2) is 63.7 Å². The van der Waals surface area contributed by atoms with Gasteiger partial charge in [-0.1, -0.05) is 22.0 Å². The number of aryl methyl sites for hydroxylation is 1. The Morgan fingerprint density at radius 1 is 1.27 bits per heavy atom. The second-order valence-corrected chi connectivity index (χ2v) is 6.79. The van der Waals surface area contributed by atoms with E-state index in [9.17, 15) is 4.79 Å². The number of anilines is 1. The number of carbonyl (C=O) groups excluding carboxylic acids is 1. The van der Waals surface area contributed by atoms with E-state index in [1.165, 1.54) is 0 Å². The van der Waals surface area contributed by atoms with E-state index in [1.54, 1.807) is 23.1 Å². The average molecular weight is 411 g/mol. The zero-order chi connectivity index (χ0) is 18.1. The molecule has 0 bridgehead atoms. The predicted octanol–water partition coefficient (Wildman–Crippen LogP) is 4.40. The number of pyridine rings is 1. The van der Waals surface area contributed by atoms with Gasteiger partial charge in [0.25, 0.3) is 5.91 Å². The van der Waals surface area contributed by atoms with E-state index in [-0.39, 0.29) is 11.7 Å². The fraction of sp³-hybridized carbons (Fsp3) is 0.105. The number of nitrogens with one attached hydrogen (secondary N) is 1. The molecule has 6 nitrogen and oxygen atoms in total. The number of fused-ring (bicyclic) bond motifs is 1. The van der Waals surface area contributed by atoms with Crippen molar-refractivity contribution in [1.29, 1.82) is 0 Å². The maximum Gasteiger partial charge on any atom is 0.292 e. The first-order valence-corrected chi connectivity index (χ1v) is 8.83. The molecule has 130 valence electrons. The van der Waals surface area contributed by atoms with Crippen LogP contribution in [0.1, 0.15) is 21.8 Å². The number of benzene rings is 1. The first-order chi connectivity index (χ1) is 12.6. The summed E-state index contributed by atoms with van der Waals surface area (Å²) in [5.74, 6) is 0.433. The number of halogens is 1. The third-order valence-corrected chi connectivity index (χ3v) is 4.53. The summed E-state index contributed by atoms with van der Waals surface area (Å²) in [5, 5.41) is 8.06. The van der Waals surface area contributed by atoms with Crippen LogP contribution < -0.4 is 5.32 Å². The smallest absolute Gasteiger partial charge is 0.292 e. The molecule has 4 aromatic rings. The number of carbonyl (C=O) groups is 1. The van der Waals surface area contributed by atoms with Gasteiger partial charge in [-0.3, -0.25) is 14.5 Å². The summed E-state index contributed by atoms with van der Waals surface area (Å²) in [6, 6.07) is 13.1. The lowest BCUT2D eigenvalue weighted by Crippen LogP contribution is -2.13. The first-order valence-electron chi connectivity index (χ1n) is 8.03. The second-order valence-electron chi connectivity index (χ2n) is 5.87. The molecule has 0 radical (unpaired) electrons. The monoisotopic (exact) mass is 410 g/mol. The van der Waals surface area contributed by atoms with Crippen molar-refractivity contribution in [2.45, 2.75) is 13.5 Å². The quantitative estimate of drug-likeness (QED) is 0.541. The van der Waals surface area contributed by atoms with Gasteiger partial charge in [-0.15, -0.1) is 0 Å². The van der Waals surface area contributed by atoms with Crippen LogP contribution in [-0.2, 0) is 6.54 Å². The first kappa shape index (κ1) is 16.5. The standard InChI is InChI=1S/C19H15BrN4O2/c1-12-15-10-13(20)5-6-16(15)26-18(12)19(25)22-17-7-9-24(23-17)11-14-4-2-3-8-21-14/h2-10H,11H2,1H3,(H,22,23,25). The molecule has 1 N–H and O–H groups in total. The lowest BCUT2D eigenvalue weighted by molar-refractivity contribution is 0.0997. The molecule has 0 aliphatic carbocycles. The molecule has 4 rings (SSSR count). The molecule has 3 heterocycles. The minimum Gasteiger partial charge on any atom is -0.451 e. The van der Waals surface area contributed by atoms with Gasteiger partial charge in [0.15, 0.2) is 11.6 Å². The fourth-order valence-electron chi connectivity index (χ4n) is 2.76. The third-order valence-electron chi connectivity index (χ3n) is 4.04. The zero-order valence-corrected chi connectivity index (χ0v) is 15.5. The van der Waals surface area contributed by atoms with Crippen LogP contribution in [0.4, 0.5) is 5.82 Å². The molecular weight excluding hydrogens is 396 g/mol. The summed E-state index contributed by atoms with van der Waals surface area (Å²) in [5.41, 5.74) is 2.37. The number of amides is 1. The van der Waals surface area contributed by atoms with Crippen molar-refractivity contribution < 1.29 is 9.21 Å². The van der Waals surface area contributed by atoms with Crippen molar-refractivity contribution in [3.8, 4) is 0 Å². The van der Waals surface area contributed by atoms with Crippen LogP contribution in [0.2, 0.25) is 0 Å². The topological polar surface area (TPSA) is 73.0 Å². The van der Waals surface area contributed by atoms with Crippen molar-refractivity contribution >= 4 is 38.6 Å². The molecule has 0 aliphatic rings. The highest BCUT2D eigenvalue weighted by Crippen LogP contribution is 2.28. The Morgan fingerprint density at radius 2 is 2.15 bits per heavy atom. The molecular formula is C19H15BrN4O2. The van der Waals surface area contributed by atoms with Crippen LogP contribution in [0.5, 0.6) is 0 Å². The highest BCUT2D eigenvalue weighted by molar-refractivity contribution is 9.10. The van der Waals surface area contributed by atoms with Gasteiger partial charge in [-0.25, -0.2) is 0 Å². The van der Waals surface area contributed by atoms with Gasteiger partial charge >= 0.3 is 0 Å². The normalized spacial score (nSPS) is 11.0. The van der Waals surface area contributed by atoms with Crippen LogP contribution in [0.3, 0.4) is 0 Å². The number of hydrogen-bond acceptors (Lipinski definition) is 4. The van der Waals surface area contributed by atoms with Gasteiger partial charge in [-0.05, 0) is 37.3 Å². The van der Waals surface area contributed by atoms with E-state index in [2.05, 4.69) is 31.3 Å². The molecule has 0 saturated carbocycles. The fourth-order valence-corrected chi connectivity index (χ4v) is 3.12. The van der Waals surface area contributed by atoms with Crippen molar-refractivity contribution in [3.05, 3.63) is 76.3 Å². The molecule has 0 fully saturated rings. The Balaban J connectivity index is 1.53. The van der Waals surface area contributed by atoms with Crippen LogP contribution in [0.25, 0.3) is 11.0 Å². The summed E-state index contributed by atoms with van der Waals surface area (Å²) in [6.07, 6.45) is 3.54. The summed E-state index contributed by atoms with van der Waals surface area (Å²) in [6.45, 7) is 2.40. The number of aromatic nitrogens is 3. The summed E-state index contributed by atoms with van der Waals surface area (Å²) >= 11 is 3.44. The highest BCUT2D eigenvalue weighted by atomic mass is 79.9. The van der Waals surface area contributed by atoms with E-state index in [4.69, 9.17) is 4.42 Å². The lowest BCUT2D eigenvalue weighted by atomic mass is 10.1. The highest BCUT2D eigenvalue weighted by Gasteiger charge is 2.18. The molecule has 0 unspecified atom stereocenters. The van der Waals surface area contributed by atoms with Crippen LogP contribution in [0, 0.1) is 6.92 Å². The number of nitrogens with zero attached hydrogens (tertiary/aromatic N) is 3. The molecule has 26 heavy (non-hydrogen) atoms. The minimum absolute atomic E-state index is 0.289. The summed E-state index contributed by atoms with van der Waals surface area (Å²) in [7, 11) is 0. The Morgan fingerprint density at radius 3 is 2.96 bits per heavy atom. The molecule has 7 heteroatoms. The van der Waals surface area contributed by atoms with Crippen molar-refractivity contribution in [2.75, 3.05) is 5.32 Å². The summed E-state index contributed by atoms with van der Waals surface area (Å²) < 4.78 is 8.37. The van der Waals surface area contributed by atoms with Crippen molar-refractivity contribution in [2.24, 2.45) is 0 Å². The number of rotatable bonds is 4. The average Bonchev–Trinajstić information content (AvgIpc) is 3.20. The number of hydrogen-bond donors (Lipinski definition) is 1. The SMILES string of the molecule is Cc1c(C(=O)Nc2ccn(Cc3ccccn3)n2)oc2ccc(Br)cc12. The van der Waals surface area contributed by atoms with Crippen molar-refractivity contribution in [3.63, 3.8) is 0 Å². The molecule has 1 aromatic carbocycles. The summed E-state index contributed by atoms with van der Waals surface area (Å²) in [4.78, 5) is 16.8. The van der Waals surface area contributed by atoms with Gasteiger partial charge < -0.3 is 9.73 Å². The Labute approximate surface area is 158 Å². The molecule has 0 aliphatic heterocycles. The van der Waals surface area contributed by atoms with Crippen LogP contribution in [-0.4, -0.2) is 20.7 Å². The van der Waals surface area contributed by atoms with Crippen molar-refractivity contribution in [1.82, 2.24) is 14.8 Å². The molecule has 1 amide bonds. The maximum atomic E-state index is 12.6. The molecule has 0 saturated heterocycles. The van der Waals surface area contributed by atoms with E-state index in [0.717, 1.165) is 21.1 Å². The van der Waals surface area contributed by atoms with Crippen LogP contribution >= 0.6 is 15.9 Å². The third kappa shape index (κ3) is 3.25. The largest absolute Gasteiger partial charge is 0.451 e. The van der Waals surface area contributed by atoms with Gasteiger partial charge in [0, 0.05) is 33.9 Å². The minimum atomic E-state index is -0.321. The Bertz CT molecular complexity index is 1090. The molecule has 0 atom stereocenters. The molecule has 0 spiro atoms.